The van der Waals surface area contributed by atoms with Gasteiger partial charge in [0.25, 0.3) is 0 Å². The van der Waals surface area contributed by atoms with E-state index in [9.17, 15) is 14.7 Å². The molecule has 1 aromatic carbocycles. The van der Waals surface area contributed by atoms with Crippen LogP contribution in [0.2, 0.25) is 0 Å². The number of carbonyl (C=O) groups is 1. The fourth-order valence-electron chi connectivity index (χ4n) is 2.40. The van der Waals surface area contributed by atoms with E-state index in [1.54, 1.807) is 18.2 Å². The van der Waals surface area contributed by atoms with E-state index in [4.69, 9.17) is 4.42 Å². The molecule has 0 unspecified atom stereocenters. The largest absolute Gasteiger partial charge is 0.481 e. The van der Waals surface area contributed by atoms with E-state index in [-0.39, 0.29) is 4.94 Å². The second-order valence-corrected chi connectivity index (χ2v) is 5.27. The highest BCUT2D eigenvalue weighted by Crippen LogP contribution is 2.46. The first kappa shape index (κ1) is 10.5. The van der Waals surface area contributed by atoms with Crippen LogP contribution in [0.5, 0.6) is 0 Å². The third kappa shape index (κ3) is 1.35. The van der Waals surface area contributed by atoms with Gasteiger partial charge in [0.15, 0.2) is 0 Å². The van der Waals surface area contributed by atoms with Crippen LogP contribution in [0.15, 0.2) is 27.4 Å². The Morgan fingerprint density at radius 3 is 2.76 bits per heavy atom. The number of carboxylic acid groups (broad SMARTS) is 1. The Kier molecular flexibility index (Phi) is 2.13. The van der Waals surface area contributed by atoms with E-state index in [0.29, 0.717) is 23.1 Å². The monoisotopic (exact) mass is 250 g/mol. The van der Waals surface area contributed by atoms with Gasteiger partial charge in [-0.2, -0.15) is 0 Å². The maximum Gasteiger partial charge on any atom is 0.396 e. The van der Waals surface area contributed by atoms with E-state index < -0.39 is 11.4 Å². The Morgan fingerprint density at radius 2 is 2.18 bits per heavy atom. The summed E-state index contributed by atoms with van der Waals surface area (Å²) in [7, 11) is 0. The Bertz CT molecular complexity index is 648. The van der Waals surface area contributed by atoms with Gasteiger partial charge in [-0.1, -0.05) is 29.9 Å². The molecule has 2 aromatic rings. The Morgan fingerprint density at radius 1 is 1.41 bits per heavy atom. The minimum atomic E-state index is -0.813. The number of hydrogen-bond donors (Lipinski definition) is 1. The van der Waals surface area contributed by atoms with Crippen molar-refractivity contribution in [2.45, 2.75) is 24.7 Å². The van der Waals surface area contributed by atoms with E-state index in [0.717, 1.165) is 23.3 Å². The molecule has 17 heavy (non-hydrogen) atoms. The highest BCUT2D eigenvalue weighted by Gasteiger charge is 2.47. The molecule has 0 atom stereocenters. The third-order valence-corrected chi connectivity index (χ3v) is 4.36. The molecule has 1 N–H and O–H groups in total. The Balaban J connectivity index is 2.29. The lowest BCUT2D eigenvalue weighted by Crippen LogP contribution is -2.42. The maximum absolute atomic E-state index is 11.5. The number of fused-ring (bicyclic) bond motifs is 1. The van der Waals surface area contributed by atoms with Crippen LogP contribution < -0.4 is 4.94 Å². The molecule has 0 aliphatic heterocycles. The molecule has 1 aliphatic rings. The highest BCUT2D eigenvalue weighted by molar-refractivity contribution is 7.16. The van der Waals surface area contributed by atoms with Gasteiger partial charge in [0.2, 0.25) is 0 Å². The maximum atomic E-state index is 11.5. The van der Waals surface area contributed by atoms with Gasteiger partial charge in [-0.3, -0.25) is 4.79 Å². The molecule has 0 spiro atoms. The van der Waals surface area contributed by atoms with Crippen molar-refractivity contribution in [3.05, 3.63) is 33.5 Å². The molecule has 1 aromatic heterocycles. The molecule has 0 bridgehead atoms. The Hall–Kier alpha value is -1.62. The van der Waals surface area contributed by atoms with Gasteiger partial charge >= 0.3 is 10.9 Å². The number of aliphatic carboxylic acids is 1. The van der Waals surface area contributed by atoms with Gasteiger partial charge in [0.1, 0.15) is 5.58 Å². The highest BCUT2D eigenvalue weighted by atomic mass is 32.1. The van der Waals surface area contributed by atoms with E-state index in [1.807, 2.05) is 0 Å². The molecule has 5 heteroatoms. The summed E-state index contributed by atoms with van der Waals surface area (Å²) in [5.41, 5.74) is 0.404. The topological polar surface area (TPSA) is 67.5 Å². The van der Waals surface area contributed by atoms with E-state index in [2.05, 4.69) is 0 Å². The van der Waals surface area contributed by atoms with Crippen molar-refractivity contribution in [3.63, 3.8) is 0 Å². The first-order valence-electron chi connectivity index (χ1n) is 5.40. The predicted octanol–water partition coefficient (Wildman–Crippen LogP) is 2.36. The summed E-state index contributed by atoms with van der Waals surface area (Å²) in [6, 6.07) is 5.24. The van der Waals surface area contributed by atoms with Crippen molar-refractivity contribution >= 4 is 27.6 Å². The van der Waals surface area contributed by atoms with Gasteiger partial charge in [0.05, 0.1) is 10.1 Å². The summed E-state index contributed by atoms with van der Waals surface area (Å²) >= 11 is 0.987. The quantitative estimate of drug-likeness (QED) is 0.888. The van der Waals surface area contributed by atoms with Crippen LogP contribution >= 0.6 is 11.3 Å². The van der Waals surface area contributed by atoms with Crippen molar-refractivity contribution < 1.29 is 14.3 Å². The number of hydrogen-bond acceptors (Lipinski definition) is 4. The smallest absolute Gasteiger partial charge is 0.396 e. The lowest BCUT2D eigenvalue weighted by atomic mass is 9.64. The zero-order valence-electron chi connectivity index (χ0n) is 8.93. The van der Waals surface area contributed by atoms with Crippen molar-refractivity contribution in [2.75, 3.05) is 0 Å². The molecule has 0 radical (unpaired) electrons. The fourth-order valence-corrected chi connectivity index (χ4v) is 3.28. The number of benzene rings is 1. The van der Waals surface area contributed by atoms with Crippen LogP contribution in [-0.2, 0) is 10.2 Å². The van der Waals surface area contributed by atoms with Gasteiger partial charge < -0.3 is 9.52 Å². The number of carboxylic acids is 1. The van der Waals surface area contributed by atoms with Gasteiger partial charge in [-0.15, -0.1) is 0 Å². The molecular formula is C12H10O4S. The second-order valence-electron chi connectivity index (χ2n) is 4.33. The zero-order chi connectivity index (χ0) is 12.0. The van der Waals surface area contributed by atoms with Gasteiger partial charge in [-0.05, 0) is 24.5 Å². The van der Waals surface area contributed by atoms with E-state index in [1.165, 1.54) is 0 Å². The normalized spacial score (nSPS) is 17.9. The number of rotatable bonds is 2. The molecule has 88 valence electrons. The first-order valence-corrected chi connectivity index (χ1v) is 6.22. The van der Waals surface area contributed by atoms with Crippen molar-refractivity contribution in [1.29, 1.82) is 0 Å². The molecule has 1 saturated carbocycles. The summed E-state index contributed by atoms with van der Waals surface area (Å²) in [4.78, 5) is 22.3. The second kappa shape index (κ2) is 3.43. The first-order chi connectivity index (χ1) is 8.13. The molecule has 1 aliphatic carbocycles. The molecule has 3 rings (SSSR count). The zero-order valence-corrected chi connectivity index (χ0v) is 9.75. The van der Waals surface area contributed by atoms with Crippen molar-refractivity contribution in [3.8, 4) is 0 Å². The molecular weight excluding hydrogens is 240 g/mol. The van der Waals surface area contributed by atoms with E-state index >= 15 is 0 Å². The Labute approximate surface area is 100 Å². The van der Waals surface area contributed by atoms with Crippen LogP contribution in [0.1, 0.15) is 24.8 Å². The summed E-state index contributed by atoms with van der Waals surface area (Å²) in [6.07, 6.45) is 2.18. The van der Waals surface area contributed by atoms with Crippen molar-refractivity contribution in [1.82, 2.24) is 0 Å². The lowest BCUT2D eigenvalue weighted by Gasteiger charge is -2.38. The minimum absolute atomic E-state index is 0.382. The minimum Gasteiger partial charge on any atom is -0.481 e. The fraction of sp³-hybridized carbons (Fsp3) is 0.333. The summed E-state index contributed by atoms with van der Waals surface area (Å²) < 4.78 is 5.70. The average Bonchev–Trinajstić information content (AvgIpc) is 2.56. The summed E-state index contributed by atoms with van der Waals surface area (Å²) in [6.45, 7) is 0. The van der Waals surface area contributed by atoms with Crippen LogP contribution in [0, 0.1) is 0 Å². The van der Waals surface area contributed by atoms with Crippen LogP contribution in [0.4, 0.5) is 0 Å². The summed E-state index contributed by atoms with van der Waals surface area (Å²) in [5, 5.41) is 9.40. The van der Waals surface area contributed by atoms with Crippen LogP contribution in [-0.4, -0.2) is 11.1 Å². The SMILES string of the molecule is O=C(O)C1(c2cccc3oc(=O)sc23)CCC1. The molecule has 0 saturated heterocycles. The summed E-state index contributed by atoms with van der Waals surface area (Å²) in [5.74, 6) is -0.808. The van der Waals surface area contributed by atoms with Gasteiger partial charge in [-0.25, -0.2) is 4.79 Å². The lowest BCUT2D eigenvalue weighted by molar-refractivity contribution is -0.147. The molecule has 4 nitrogen and oxygen atoms in total. The van der Waals surface area contributed by atoms with Crippen LogP contribution in [0.25, 0.3) is 10.3 Å². The third-order valence-electron chi connectivity index (χ3n) is 3.49. The average molecular weight is 250 g/mol. The van der Waals surface area contributed by atoms with Crippen molar-refractivity contribution in [2.24, 2.45) is 0 Å². The predicted molar refractivity (Wildman–Crippen MR) is 63.5 cm³/mol. The molecule has 1 heterocycles. The molecule has 1 fully saturated rings. The standard InChI is InChI=1S/C12H10O4S/c13-10(14)12(5-2-6-12)7-3-1-4-8-9(7)17-11(15)16-8/h1,3-4H,2,5-6H2,(H,13,14). The van der Waals surface area contributed by atoms with Gasteiger partial charge in [0, 0.05) is 0 Å². The molecule has 0 amide bonds. The van der Waals surface area contributed by atoms with Crippen LogP contribution in [0.3, 0.4) is 0 Å².